The second kappa shape index (κ2) is 4.18. The van der Waals surface area contributed by atoms with Crippen LogP contribution in [0, 0.1) is 6.92 Å². The van der Waals surface area contributed by atoms with Gasteiger partial charge in [0.25, 0.3) is 5.91 Å². The monoisotopic (exact) mass is 197 g/mol. The first-order chi connectivity index (χ1) is 6.15. The van der Waals surface area contributed by atoms with Crippen molar-refractivity contribution in [3.8, 4) is 0 Å². The van der Waals surface area contributed by atoms with E-state index in [2.05, 4.69) is 0 Å². The predicted octanol–water partition coefficient (Wildman–Crippen LogP) is 1.33. The third-order valence-corrected chi connectivity index (χ3v) is 2.63. The number of likely N-dealkylation sites (N-methyl/N-ethyl adjacent to an activating group) is 1. The Labute approximate surface area is 81.0 Å². The Morgan fingerprint density at radius 1 is 1.62 bits per heavy atom. The number of amides is 1. The van der Waals surface area contributed by atoms with Crippen LogP contribution in [0.2, 0.25) is 0 Å². The Balaban J connectivity index is 2.73. The smallest absolute Gasteiger partial charge is 0.264 e. The van der Waals surface area contributed by atoms with Gasteiger partial charge in [0.2, 0.25) is 0 Å². The highest BCUT2D eigenvalue weighted by Crippen LogP contribution is 2.16. The van der Waals surface area contributed by atoms with E-state index < -0.39 is 0 Å². The Morgan fingerprint density at radius 3 is 2.77 bits per heavy atom. The Morgan fingerprint density at radius 2 is 2.31 bits per heavy atom. The summed E-state index contributed by atoms with van der Waals surface area (Å²) in [5.41, 5.74) is 0. The van der Waals surface area contributed by atoms with Crippen molar-refractivity contribution in [2.45, 2.75) is 6.92 Å². The maximum absolute atomic E-state index is 11.5. The van der Waals surface area contributed by atoms with Crippen LogP contribution in [0.25, 0.3) is 0 Å². The fourth-order valence-corrected chi connectivity index (χ4v) is 1.79. The van der Waals surface area contributed by atoms with E-state index in [4.69, 9.17) is 0 Å². The largest absolute Gasteiger partial charge is 0.334 e. The number of aryl methyl sites for hydroxylation is 1. The molecular weight excluding hydrogens is 186 g/mol. The Kier molecular flexibility index (Phi) is 3.19. The van der Waals surface area contributed by atoms with E-state index in [0.29, 0.717) is 4.88 Å². The zero-order valence-electron chi connectivity index (χ0n) is 7.61. The molecule has 0 fully saturated rings. The summed E-state index contributed by atoms with van der Waals surface area (Å²) in [5.74, 6) is -0.0924. The summed E-state index contributed by atoms with van der Waals surface area (Å²) in [6, 6.07) is 3.68. The maximum atomic E-state index is 11.5. The van der Waals surface area contributed by atoms with Gasteiger partial charge in [-0.2, -0.15) is 0 Å². The van der Waals surface area contributed by atoms with Crippen LogP contribution >= 0.6 is 11.3 Å². The lowest BCUT2D eigenvalue weighted by atomic mass is 10.4. The minimum absolute atomic E-state index is 0.0924. The second-order valence-electron chi connectivity index (χ2n) is 2.76. The fourth-order valence-electron chi connectivity index (χ4n) is 0.932. The number of thiophene rings is 1. The molecule has 0 radical (unpaired) electrons. The average molecular weight is 197 g/mol. The van der Waals surface area contributed by atoms with Crippen molar-refractivity contribution in [1.82, 2.24) is 4.90 Å². The highest BCUT2D eigenvalue weighted by atomic mass is 32.1. The van der Waals surface area contributed by atoms with Crippen LogP contribution in [-0.2, 0) is 4.79 Å². The van der Waals surface area contributed by atoms with E-state index in [9.17, 15) is 9.59 Å². The highest BCUT2D eigenvalue weighted by Gasteiger charge is 2.12. The molecule has 1 heterocycles. The average Bonchev–Trinajstić information content (AvgIpc) is 2.51. The standard InChI is InChI=1S/C9H11NO2S/c1-7-3-4-8(13-7)9(12)10(2)5-6-11/h3-4,6H,5H2,1-2H3. The van der Waals surface area contributed by atoms with Crippen LogP contribution in [0.15, 0.2) is 12.1 Å². The zero-order chi connectivity index (χ0) is 9.84. The van der Waals surface area contributed by atoms with E-state index in [0.717, 1.165) is 11.2 Å². The SMILES string of the molecule is Cc1ccc(C(=O)N(C)CC=O)s1. The molecule has 1 aromatic heterocycles. The molecule has 0 saturated heterocycles. The molecule has 4 heteroatoms. The first-order valence-electron chi connectivity index (χ1n) is 3.90. The third-order valence-electron chi connectivity index (χ3n) is 1.65. The molecule has 0 aromatic carbocycles. The van der Waals surface area contributed by atoms with Crippen LogP contribution in [0.4, 0.5) is 0 Å². The van der Waals surface area contributed by atoms with Gasteiger partial charge in [0, 0.05) is 11.9 Å². The van der Waals surface area contributed by atoms with Crippen molar-refractivity contribution < 1.29 is 9.59 Å². The van der Waals surface area contributed by atoms with E-state index in [-0.39, 0.29) is 12.5 Å². The van der Waals surface area contributed by atoms with Crippen LogP contribution < -0.4 is 0 Å². The molecular formula is C9H11NO2S. The number of nitrogens with zero attached hydrogens (tertiary/aromatic N) is 1. The summed E-state index contributed by atoms with van der Waals surface area (Å²) in [7, 11) is 1.62. The summed E-state index contributed by atoms with van der Waals surface area (Å²) in [4.78, 5) is 24.9. The topological polar surface area (TPSA) is 37.4 Å². The zero-order valence-corrected chi connectivity index (χ0v) is 8.43. The van der Waals surface area contributed by atoms with Crippen LogP contribution in [-0.4, -0.2) is 30.7 Å². The summed E-state index contributed by atoms with van der Waals surface area (Å²) < 4.78 is 0. The van der Waals surface area contributed by atoms with E-state index in [1.54, 1.807) is 13.1 Å². The third kappa shape index (κ3) is 2.39. The molecule has 0 aliphatic rings. The van der Waals surface area contributed by atoms with Gasteiger partial charge in [-0.3, -0.25) is 4.79 Å². The van der Waals surface area contributed by atoms with E-state index in [1.165, 1.54) is 16.2 Å². The molecule has 1 aromatic rings. The molecule has 0 spiro atoms. The summed E-state index contributed by atoms with van der Waals surface area (Å²) in [5, 5.41) is 0. The van der Waals surface area contributed by atoms with E-state index in [1.807, 2.05) is 13.0 Å². The van der Waals surface area contributed by atoms with Gasteiger partial charge in [0.1, 0.15) is 6.29 Å². The van der Waals surface area contributed by atoms with Crippen LogP contribution in [0.5, 0.6) is 0 Å². The van der Waals surface area contributed by atoms with Crippen LogP contribution in [0.3, 0.4) is 0 Å². The predicted molar refractivity (Wildman–Crippen MR) is 52.1 cm³/mol. The van der Waals surface area contributed by atoms with Crippen molar-refractivity contribution >= 4 is 23.5 Å². The van der Waals surface area contributed by atoms with Gasteiger partial charge in [0.05, 0.1) is 11.4 Å². The van der Waals surface area contributed by atoms with E-state index >= 15 is 0 Å². The van der Waals surface area contributed by atoms with Gasteiger partial charge in [-0.05, 0) is 19.1 Å². The van der Waals surface area contributed by atoms with Crippen molar-refractivity contribution in [2.75, 3.05) is 13.6 Å². The fraction of sp³-hybridized carbons (Fsp3) is 0.333. The Hall–Kier alpha value is -1.16. The van der Waals surface area contributed by atoms with Gasteiger partial charge in [-0.1, -0.05) is 0 Å². The normalized spacial score (nSPS) is 9.69. The molecule has 1 rings (SSSR count). The van der Waals surface area contributed by atoms with Crippen molar-refractivity contribution in [3.63, 3.8) is 0 Å². The molecule has 13 heavy (non-hydrogen) atoms. The highest BCUT2D eigenvalue weighted by molar-refractivity contribution is 7.13. The second-order valence-corrected chi connectivity index (χ2v) is 4.05. The molecule has 0 aliphatic carbocycles. The molecule has 3 nitrogen and oxygen atoms in total. The molecule has 0 saturated carbocycles. The lowest BCUT2D eigenvalue weighted by Gasteiger charge is -2.11. The first kappa shape index (κ1) is 9.92. The van der Waals surface area contributed by atoms with Gasteiger partial charge in [0.15, 0.2) is 0 Å². The number of hydrogen-bond donors (Lipinski definition) is 0. The van der Waals surface area contributed by atoms with Gasteiger partial charge in [-0.15, -0.1) is 11.3 Å². The molecule has 0 N–H and O–H groups in total. The summed E-state index contributed by atoms with van der Waals surface area (Å²) >= 11 is 1.44. The maximum Gasteiger partial charge on any atom is 0.264 e. The molecule has 1 amide bonds. The number of hydrogen-bond acceptors (Lipinski definition) is 3. The number of aldehydes is 1. The minimum atomic E-state index is -0.0924. The van der Waals surface area contributed by atoms with Crippen molar-refractivity contribution in [2.24, 2.45) is 0 Å². The first-order valence-corrected chi connectivity index (χ1v) is 4.72. The number of carbonyl (C=O) groups excluding carboxylic acids is 2. The van der Waals surface area contributed by atoms with Gasteiger partial charge < -0.3 is 9.69 Å². The molecule has 70 valence electrons. The van der Waals surface area contributed by atoms with Gasteiger partial charge in [-0.25, -0.2) is 0 Å². The summed E-state index contributed by atoms with van der Waals surface area (Å²) in [6.45, 7) is 2.09. The van der Waals surface area contributed by atoms with Crippen molar-refractivity contribution in [1.29, 1.82) is 0 Å². The lowest BCUT2D eigenvalue weighted by molar-refractivity contribution is -0.108. The Bertz CT molecular complexity index is 319. The molecule has 0 bridgehead atoms. The summed E-state index contributed by atoms with van der Waals surface area (Å²) in [6.07, 6.45) is 0.721. The molecule has 0 aliphatic heterocycles. The number of carbonyl (C=O) groups is 2. The number of rotatable bonds is 3. The van der Waals surface area contributed by atoms with Gasteiger partial charge >= 0.3 is 0 Å². The van der Waals surface area contributed by atoms with Crippen LogP contribution in [0.1, 0.15) is 14.5 Å². The lowest BCUT2D eigenvalue weighted by Crippen LogP contribution is -2.27. The van der Waals surface area contributed by atoms with Crippen molar-refractivity contribution in [3.05, 3.63) is 21.9 Å². The molecule has 0 unspecified atom stereocenters. The quantitative estimate of drug-likeness (QED) is 0.685. The molecule has 0 atom stereocenters. The minimum Gasteiger partial charge on any atom is -0.334 e.